The number of Topliss-reactive ketones (excluding diaryl/α,β-unsaturated/α-hetero) is 1. The molecule has 0 atom stereocenters. The lowest BCUT2D eigenvalue weighted by Crippen LogP contribution is -2.34. The molecule has 37 heavy (non-hydrogen) atoms. The average molecular weight is 537 g/mol. The lowest BCUT2D eigenvalue weighted by Gasteiger charge is -2.24. The van der Waals surface area contributed by atoms with Gasteiger partial charge in [0.05, 0.1) is 24.7 Å². The van der Waals surface area contributed by atoms with Gasteiger partial charge in [-0.2, -0.15) is 8.78 Å². The Morgan fingerprint density at radius 3 is 2.32 bits per heavy atom. The number of carbonyl (C=O) groups excluding carboxylic acids is 3. The largest absolute Gasteiger partial charge is 0.367 e. The number of benzene rings is 3. The van der Waals surface area contributed by atoms with Crippen molar-refractivity contribution in [2.24, 2.45) is 0 Å². The van der Waals surface area contributed by atoms with Crippen LogP contribution in [0.15, 0.2) is 66.7 Å². The number of nitrogens with one attached hydrogen (secondary N) is 1. The molecule has 0 heterocycles. The summed E-state index contributed by atoms with van der Waals surface area (Å²) >= 11 is 5.88. The van der Waals surface area contributed by atoms with Crippen molar-refractivity contribution in [1.29, 1.82) is 0 Å². The zero-order chi connectivity index (χ0) is 26.9. The summed E-state index contributed by atoms with van der Waals surface area (Å²) in [5, 5.41) is 1.51. The number of hydrogen-bond donors (Lipinski definition) is 1. The molecule has 0 aliphatic carbocycles. The number of halogens is 5. The summed E-state index contributed by atoms with van der Waals surface area (Å²) in [7, 11) is 0. The van der Waals surface area contributed by atoms with Crippen molar-refractivity contribution in [3.8, 4) is 0 Å². The second-order valence-electron chi connectivity index (χ2n) is 7.80. The van der Waals surface area contributed by atoms with Crippen LogP contribution in [0.5, 0.6) is 0 Å². The van der Waals surface area contributed by atoms with E-state index in [1.807, 2.05) is 30.3 Å². The van der Waals surface area contributed by atoms with Crippen LogP contribution in [0.4, 0.5) is 23.2 Å². The van der Waals surface area contributed by atoms with E-state index in [9.17, 15) is 31.9 Å². The molecule has 2 amide bonds. The van der Waals surface area contributed by atoms with Crippen molar-refractivity contribution in [3.63, 3.8) is 0 Å². The number of carbonyl (C=O) groups is 3. The van der Waals surface area contributed by atoms with E-state index in [0.717, 1.165) is 22.6 Å². The molecule has 0 aromatic heterocycles. The molecule has 0 fully saturated rings. The molecule has 11 heteroatoms. The van der Waals surface area contributed by atoms with Gasteiger partial charge in [-0.3, -0.25) is 14.4 Å². The van der Waals surface area contributed by atoms with Crippen molar-refractivity contribution < 1.29 is 36.7 Å². The van der Waals surface area contributed by atoms with E-state index >= 15 is 0 Å². The van der Waals surface area contributed by atoms with E-state index in [1.165, 1.54) is 24.3 Å². The zero-order valence-corrected chi connectivity index (χ0v) is 20.0. The maximum absolute atomic E-state index is 14.9. The molecule has 0 aliphatic heterocycles. The highest BCUT2D eigenvalue weighted by atomic mass is 35.5. The summed E-state index contributed by atoms with van der Waals surface area (Å²) < 4.78 is 58.6. The third kappa shape index (κ3) is 7.86. The average Bonchev–Trinajstić information content (AvgIpc) is 2.88. The normalized spacial score (nSPS) is 10.9. The highest BCUT2D eigenvalue weighted by molar-refractivity contribution is 6.31. The standard InChI is InChI=1S/C26H21ClF4N2O4/c27-20-11-19(8-9-21(20)28)33(24(35)15-37-14-16-4-2-1-3-5-16)13-18-7-6-17(10-22(18)29)23(34)12-32-26(36)25(30)31/h1-11,25H,12-15H2,(H,32,36). The van der Waals surface area contributed by atoms with Gasteiger partial charge in [-0.05, 0) is 29.8 Å². The topological polar surface area (TPSA) is 75.7 Å². The molecule has 0 radical (unpaired) electrons. The first-order valence-electron chi connectivity index (χ1n) is 10.9. The fraction of sp³-hybridized carbons (Fsp3) is 0.192. The molecule has 1 N–H and O–H groups in total. The van der Waals surface area contributed by atoms with Crippen LogP contribution < -0.4 is 10.2 Å². The number of hydrogen-bond acceptors (Lipinski definition) is 4. The highest BCUT2D eigenvalue weighted by Crippen LogP contribution is 2.25. The fourth-order valence-electron chi connectivity index (χ4n) is 3.25. The summed E-state index contributed by atoms with van der Waals surface area (Å²) in [5.74, 6) is -4.53. The fourth-order valence-corrected chi connectivity index (χ4v) is 3.43. The molecule has 194 valence electrons. The molecule has 3 rings (SSSR count). The Morgan fingerprint density at radius 2 is 1.68 bits per heavy atom. The first-order chi connectivity index (χ1) is 17.7. The SMILES string of the molecule is O=C(CNC(=O)C(F)F)c1ccc(CN(C(=O)COCc2ccccc2)c2ccc(F)c(Cl)c2)c(F)c1. The Balaban J connectivity index is 1.76. The Bertz CT molecular complexity index is 1270. The van der Waals surface area contributed by atoms with Gasteiger partial charge in [-0.25, -0.2) is 8.78 Å². The minimum absolute atomic E-state index is 0.00465. The molecule has 0 aliphatic rings. The molecule has 0 saturated carbocycles. The molecule has 3 aromatic rings. The van der Waals surface area contributed by atoms with Crippen molar-refractivity contribution in [3.05, 3.63) is 100 Å². The Kier molecular flexibility index (Phi) is 9.76. The molecule has 3 aromatic carbocycles. The molecular formula is C26H21ClF4N2O4. The number of nitrogens with zero attached hydrogens (tertiary/aromatic N) is 1. The number of rotatable bonds is 11. The minimum atomic E-state index is -3.29. The summed E-state index contributed by atoms with van der Waals surface area (Å²) in [4.78, 5) is 37.2. The van der Waals surface area contributed by atoms with Gasteiger partial charge in [0.15, 0.2) is 5.78 Å². The van der Waals surface area contributed by atoms with Crippen LogP contribution in [0.3, 0.4) is 0 Å². The van der Waals surface area contributed by atoms with Crippen LogP contribution in [-0.4, -0.2) is 37.2 Å². The van der Waals surface area contributed by atoms with Crippen molar-refractivity contribution in [1.82, 2.24) is 5.32 Å². The molecule has 0 bridgehead atoms. The monoisotopic (exact) mass is 536 g/mol. The van der Waals surface area contributed by atoms with Gasteiger partial charge in [-0.15, -0.1) is 0 Å². The van der Waals surface area contributed by atoms with Crippen LogP contribution in [0.2, 0.25) is 5.02 Å². The Hall–Kier alpha value is -3.76. The van der Waals surface area contributed by atoms with Gasteiger partial charge in [0.25, 0.3) is 11.8 Å². The van der Waals surface area contributed by atoms with Gasteiger partial charge in [-0.1, -0.05) is 54.1 Å². The lowest BCUT2D eigenvalue weighted by molar-refractivity contribution is -0.131. The van der Waals surface area contributed by atoms with Crippen LogP contribution >= 0.6 is 11.6 Å². The third-order valence-corrected chi connectivity index (χ3v) is 5.47. The van der Waals surface area contributed by atoms with E-state index in [0.29, 0.717) is 0 Å². The highest BCUT2D eigenvalue weighted by Gasteiger charge is 2.21. The van der Waals surface area contributed by atoms with Gasteiger partial charge in [0.1, 0.15) is 18.2 Å². The van der Waals surface area contributed by atoms with E-state index in [1.54, 1.807) is 5.32 Å². The Morgan fingerprint density at radius 1 is 0.946 bits per heavy atom. The van der Waals surface area contributed by atoms with Crippen LogP contribution in [0, 0.1) is 11.6 Å². The lowest BCUT2D eigenvalue weighted by atomic mass is 10.1. The van der Waals surface area contributed by atoms with E-state index in [4.69, 9.17) is 16.3 Å². The molecule has 0 unspecified atom stereocenters. The number of ketones is 1. The summed E-state index contributed by atoms with van der Waals surface area (Å²) in [5.41, 5.74) is 0.867. The maximum atomic E-state index is 14.9. The van der Waals surface area contributed by atoms with Crippen molar-refractivity contribution in [2.75, 3.05) is 18.1 Å². The van der Waals surface area contributed by atoms with E-state index < -0.39 is 42.2 Å². The second kappa shape index (κ2) is 13.0. The third-order valence-electron chi connectivity index (χ3n) is 5.18. The summed E-state index contributed by atoms with van der Waals surface area (Å²) in [6.07, 6.45) is -3.29. The zero-order valence-electron chi connectivity index (χ0n) is 19.2. The van der Waals surface area contributed by atoms with Crippen molar-refractivity contribution in [2.45, 2.75) is 19.6 Å². The minimum Gasteiger partial charge on any atom is -0.367 e. The first kappa shape index (κ1) is 27.8. The second-order valence-corrected chi connectivity index (χ2v) is 8.21. The summed E-state index contributed by atoms with van der Waals surface area (Å²) in [6, 6.07) is 16.0. The van der Waals surface area contributed by atoms with Crippen LogP contribution in [0.1, 0.15) is 21.5 Å². The number of amides is 2. The maximum Gasteiger partial charge on any atom is 0.315 e. The summed E-state index contributed by atoms with van der Waals surface area (Å²) in [6.45, 7) is -1.26. The Labute approximate surface area is 214 Å². The number of alkyl halides is 2. The van der Waals surface area contributed by atoms with Crippen LogP contribution in [0.25, 0.3) is 0 Å². The van der Waals surface area contributed by atoms with E-state index in [-0.39, 0.29) is 41.6 Å². The predicted molar refractivity (Wildman–Crippen MR) is 128 cm³/mol. The van der Waals surface area contributed by atoms with Gasteiger partial charge in [0, 0.05) is 16.8 Å². The number of anilines is 1. The quantitative estimate of drug-likeness (QED) is 0.278. The smallest absolute Gasteiger partial charge is 0.315 e. The predicted octanol–water partition coefficient (Wildman–Crippen LogP) is 4.93. The van der Waals surface area contributed by atoms with Gasteiger partial charge >= 0.3 is 6.43 Å². The van der Waals surface area contributed by atoms with E-state index in [2.05, 4.69) is 0 Å². The van der Waals surface area contributed by atoms with Gasteiger partial charge in [0.2, 0.25) is 0 Å². The number of ether oxygens (including phenoxy) is 1. The first-order valence-corrected chi connectivity index (χ1v) is 11.3. The van der Waals surface area contributed by atoms with Crippen molar-refractivity contribution >= 4 is 34.9 Å². The van der Waals surface area contributed by atoms with Crippen LogP contribution in [-0.2, 0) is 27.5 Å². The molecular weight excluding hydrogens is 516 g/mol. The van der Waals surface area contributed by atoms with Gasteiger partial charge < -0.3 is 15.0 Å². The molecule has 0 saturated heterocycles. The molecule has 0 spiro atoms. The molecule has 6 nitrogen and oxygen atoms in total.